The third kappa shape index (κ3) is 4.25. The van der Waals surface area contributed by atoms with Crippen LogP contribution < -0.4 is 5.73 Å². The number of ether oxygens (including phenoxy) is 1. The molecule has 0 aliphatic heterocycles. The third-order valence-electron chi connectivity index (χ3n) is 2.16. The van der Waals surface area contributed by atoms with Gasteiger partial charge in [0, 0.05) is 11.1 Å². The van der Waals surface area contributed by atoms with Crippen LogP contribution in [0.3, 0.4) is 0 Å². The summed E-state index contributed by atoms with van der Waals surface area (Å²) in [4.78, 5) is 15.4. The minimum Gasteiger partial charge on any atom is -0.464 e. The highest BCUT2D eigenvalue weighted by Gasteiger charge is 2.08. The number of hydrogen-bond acceptors (Lipinski definition) is 4. The van der Waals surface area contributed by atoms with E-state index in [1.54, 1.807) is 30.3 Å². The van der Waals surface area contributed by atoms with Gasteiger partial charge in [0.05, 0.1) is 12.6 Å². The summed E-state index contributed by atoms with van der Waals surface area (Å²) in [6, 6.07) is 8.76. The molecule has 104 valence electrons. The van der Waals surface area contributed by atoms with Crippen LogP contribution in [0.15, 0.2) is 30.3 Å². The molecular formula is C15H22N2O2. The maximum absolute atomic E-state index is 11.2. The fraction of sp³-hybridized carbons (Fsp3) is 0.333. The number of nitrogens with zero attached hydrogens (tertiary/aromatic N) is 1. The fourth-order valence-corrected chi connectivity index (χ4v) is 1.40. The highest BCUT2D eigenvalue weighted by atomic mass is 16.5. The zero-order chi connectivity index (χ0) is 14.8. The van der Waals surface area contributed by atoms with Gasteiger partial charge in [-0.05, 0) is 24.3 Å². The quantitative estimate of drug-likeness (QED) is 0.629. The summed E-state index contributed by atoms with van der Waals surface area (Å²) in [6.07, 6.45) is 0. The van der Waals surface area contributed by atoms with Gasteiger partial charge in [-0.1, -0.05) is 33.8 Å². The van der Waals surface area contributed by atoms with E-state index in [-0.39, 0.29) is 5.69 Å². The molecule has 0 fully saturated rings. The van der Waals surface area contributed by atoms with Crippen molar-refractivity contribution in [2.45, 2.75) is 27.7 Å². The topological polar surface area (TPSA) is 65.2 Å². The van der Waals surface area contributed by atoms with Crippen LogP contribution in [0.1, 0.15) is 38.2 Å². The average molecular weight is 262 g/mol. The SMILES string of the molecule is CC.CC.COC(=O)c1ccc2c(N)cccc2n1. The zero-order valence-corrected chi connectivity index (χ0v) is 12.2. The maximum Gasteiger partial charge on any atom is 0.356 e. The molecular weight excluding hydrogens is 240 g/mol. The maximum atomic E-state index is 11.2. The number of benzene rings is 1. The lowest BCUT2D eigenvalue weighted by molar-refractivity contribution is 0.0594. The molecule has 0 aliphatic carbocycles. The summed E-state index contributed by atoms with van der Waals surface area (Å²) in [6.45, 7) is 8.00. The molecule has 4 nitrogen and oxygen atoms in total. The van der Waals surface area contributed by atoms with E-state index in [1.807, 2.05) is 27.7 Å². The van der Waals surface area contributed by atoms with Crippen LogP contribution in [0, 0.1) is 0 Å². The Bertz CT molecular complexity index is 525. The lowest BCUT2D eigenvalue weighted by Crippen LogP contribution is -2.04. The summed E-state index contributed by atoms with van der Waals surface area (Å²) >= 11 is 0. The highest BCUT2D eigenvalue weighted by molar-refractivity contribution is 5.94. The predicted octanol–water partition coefficient (Wildman–Crippen LogP) is 3.66. The first-order valence-electron chi connectivity index (χ1n) is 6.46. The molecule has 1 aromatic carbocycles. The van der Waals surface area contributed by atoms with Crippen molar-refractivity contribution in [3.63, 3.8) is 0 Å². The second-order valence-corrected chi connectivity index (χ2v) is 3.10. The molecule has 0 unspecified atom stereocenters. The van der Waals surface area contributed by atoms with E-state index < -0.39 is 5.97 Å². The molecule has 0 saturated carbocycles. The largest absolute Gasteiger partial charge is 0.464 e. The van der Waals surface area contributed by atoms with Gasteiger partial charge in [0.25, 0.3) is 0 Å². The summed E-state index contributed by atoms with van der Waals surface area (Å²) < 4.78 is 4.58. The molecule has 1 aromatic heterocycles. The Morgan fingerprint density at radius 3 is 2.32 bits per heavy atom. The molecule has 1 heterocycles. The molecule has 0 bridgehead atoms. The van der Waals surface area contributed by atoms with Crippen molar-refractivity contribution in [3.05, 3.63) is 36.0 Å². The molecule has 2 N–H and O–H groups in total. The number of hydrogen-bond donors (Lipinski definition) is 1. The Labute approximate surface area is 114 Å². The second-order valence-electron chi connectivity index (χ2n) is 3.10. The number of fused-ring (bicyclic) bond motifs is 1. The fourth-order valence-electron chi connectivity index (χ4n) is 1.40. The Kier molecular flexibility index (Phi) is 7.93. The normalized spacial score (nSPS) is 8.68. The predicted molar refractivity (Wildman–Crippen MR) is 80.2 cm³/mol. The summed E-state index contributed by atoms with van der Waals surface area (Å²) in [5.74, 6) is -0.445. The first-order valence-corrected chi connectivity index (χ1v) is 6.46. The van der Waals surface area contributed by atoms with E-state index in [9.17, 15) is 4.79 Å². The number of methoxy groups -OCH3 is 1. The van der Waals surface area contributed by atoms with Crippen LogP contribution in [-0.4, -0.2) is 18.1 Å². The molecule has 19 heavy (non-hydrogen) atoms. The molecule has 2 aromatic rings. The number of carbonyl (C=O) groups is 1. The van der Waals surface area contributed by atoms with E-state index >= 15 is 0 Å². The first-order chi connectivity index (χ1) is 9.22. The van der Waals surface area contributed by atoms with Crippen LogP contribution in [0.25, 0.3) is 10.9 Å². The molecule has 0 amide bonds. The lowest BCUT2D eigenvalue weighted by atomic mass is 10.1. The number of nitrogens with two attached hydrogens (primary N) is 1. The first kappa shape index (κ1) is 16.9. The van der Waals surface area contributed by atoms with Crippen molar-refractivity contribution in [2.75, 3.05) is 12.8 Å². The van der Waals surface area contributed by atoms with Crippen LogP contribution in [0.4, 0.5) is 5.69 Å². The van der Waals surface area contributed by atoms with Gasteiger partial charge in [-0.15, -0.1) is 0 Å². The summed E-state index contributed by atoms with van der Waals surface area (Å²) in [7, 11) is 1.33. The smallest absolute Gasteiger partial charge is 0.356 e. The standard InChI is InChI=1S/C11H10N2O2.2C2H6/c1-15-11(14)10-6-5-7-8(12)3-2-4-9(7)13-10;2*1-2/h2-6H,12H2,1H3;2*1-2H3. The molecule has 4 heteroatoms. The van der Waals surface area contributed by atoms with E-state index in [0.717, 1.165) is 5.39 Å². The van der Waals surface area contributed by atoms with Gasteiger partial charge in [0.15, 0.2) is 0 Å². The minimum absolute atomic E-state index is 0.288. The van der Waals surface area contributed by atoms with Gasteiger partial charge in [-0.3, -0.25) is 0 Å². The Hall–Kier alpha value is -2.10. The summed E-state index contributed by atoms with van der Waals surface area (Å²) in [5, 5.41) is 0.838. The Morgan fingerprint density at radius 2 is 1.74 bits per heavy atom. The van der Waals surface area contributed by atoms with Crippen molar-refractivity contribution in [1.29, 1.82) is 0 Å². The van der Waals surface area contributed by atoms with Gasteiger partial charge in [0.1, 0.15) is 5.69 Å². The van der Waals surface area contributed by atoms with Crippen molar-refractivity contribution in [1.82, 2.24) is 4.98 Å². The zero-order valence-electron chi connectivity index (χ0n) is 12.2. The second kappa shape index (κ2) is 8.91. The van der Waals surface area contributed by atoms with E-state index in [4.69, 9.17) is 5.73 Å². The van der Waals surface area contributed by atoms with Crippen LogP contribution in [-0.2, 0) is 4.74 Å². The van der Waals surface area contributed by atoms with Gasteiger partial charge in [0.2, 0.25) is 0 Å². The van der Waals surface area contributed by atoms with Crippen LogP contribution in [0.2, 0.25) is 0 Å². The molecule has 0 spiro atoms. The van der Waals surface area contributed by atoms with Crippen molar-refractivity contribution in [2.24, 2.45) is 0 Å². The number of nitrogen functional groups attached to an aromatic ring is 1. The number of carbonyl (C=O) groups excluding carboxylic acids is 1. The van der Waals surface area contributed by atoms with Gasteiger partial charge in [-0.2, -0.15) is 0 Å². The Balaban J connectivity index is 0.000000741. The molecule has 2 rings (SSSR count). The number of pyridine rings is 1. The third-order valence-corrected chi connectivity index (χ3v) is 2.16. The van der Waals surface area contributed by atoms with E-state index in [0.29, 0.717) is 11.2 Å². The van der Waals surface area contributed by atoms with Gasteiger partial charge < -0.3 is 10.5 Å². The van der Waals surface area contributed by atoms with Crippen molar-refractivity contribution >= 4 is 22.6 Å². The molecule has 0 saturated heterocycles. The summed E-state index contributed by atoms with van der Waals surface area (Å²) in [5.41, 5.74) is 7.39. The van der Waals surface area contributed by atoms with Crippen molar-refractivity contribution < 1.29 is 9.53 Å². The lowest BCUT2D eigenvalue weighted by Gasteiger charge is -2.03. The number of aromatic nitrogens is 1. The van der Waals surface area contributed by atoms with Crippen LogP contribution in [0.5, 0.6) is 0 Å². The number of anilines is 1. The highest BCUT2D eigenvalue weighted by Crippen LogP contribution is 2.19. The monoisotopic (exact) mass is 262 g/mol. The number of rotatable bonds is 1. The van der Waals surface area contributed by atoms with Crippen LogP contribution >= 0.6 is 0 Å². The van der Waals surface area contributed by atoms with Gasteiger partial charge >= 0.3 is 5.97 Å². The van der Waals surface area contributed by atoms with E-state index in [2.05, 4.69) is 9.72 Å². The minimum atomic E-state index is -0.445. The molecule has 0 aliphatic rings. The Morgan fingerprint density at radius 1 is 1.11 bits per heavy atom. The average Bonchev–Trinajstić information content (AvgIpc) is 2.50. The number of esters is 1. The van der Waals surface area contributed by atoms with Gasteiger partial charge in [-0.25, -0.2) is 9.78 Å². The van der Waals surface area contributed by atoms with Crippen molar-refractivity contribution in [3.8, 4) is 0 Å². The van der Waals surface area contributed by atoms with E-state index in [1.165, 1.54) is 7.11 Å². The molecule has 0 atom stereocenters. The molecule has 0 radical (unpaired) electrons.